The van der Waals surface area contributed by atoms with Crippen molar-refractivity contribution in [3.8, 4) is 0 Å². The lowest BCUT2D eigenvalue weighted by molar-refractivity contribution is 0.256. The van der Waals surface area contributed by atoms with Crippen molar-refractivity contribution in [2.75, 3.05) is 19.6 Å². The topological polar surface area (TPSA) is 15.3 Å². The van der Waals surface area contributed by atoms with Crippen molar-refractivity contribution in [2.45, 2.75) is 32.4 Å². The minimum absolute atomic E-state index is 0.482. The van der Waals surface area contributed by atoms with E-state index in [2.05, 4.69) is 36.2 Å². The van der Waals surface area contributed by atoms with Gasteiger partial charge in [-0.05, 0) is 37.6 Å². The average Bonchev–Trinajstić information content (AvgIpc) is 2.78. The summed E-state index contributed by atoms with van der Waals surface area (Å²) in [6.45, 7) is 7.84. The molecule has 1 aliphatic rings. The predicted octanol–water partition coefficient (Wildman–Crippen LogP) is 3.08. The molecule has 0 bridgehead atoms. The molecule has 0 amide bonds. The molecule has 0 saturated carbocycles. The minimum Gasteiger partial charge on any atom is -0.313 e. The fourth-order valence-electron chi connectivity index (χ4n) is 2.55. The largest absolute Gasteiger partial charge is 0.313 e. The molecule has 0 aromatic heterocycles. The van der Waals surface area contributed by atoms with Crippen molar-refractivity contribution in [1.29, 1.82) is 0 Å². The number of nitrogens with zero attached hydrogens (tertiary/aromatic N) is 1. The Kier molecular flexibility index (Phi) is 4.43. The molecule has 1 aromatic carbocycles. The van der Waals surface area contributed by atoms with Gasteiger partial charge in [-0.3, -0.25) is 4.90 Å². The van der Waals surface area contributed by atoms with Gasteiger partial charge in [0.1, 0.15) is 0 Å². The zero-order valence-corrected chi connectivity index (χ0v) is 11.4. The highest BCUT2D eigenvalue weighted by Crippen LogP contribution is 2.25. The number of halogens is 1. The van der Waals surface area contributed by atoms with Gasteiger partial charge in [-0.25, -0.2) is 0 Å². The zero-order chi connectivity index (χ0) is 12.3. The van der Waals surface area contributed by atoms with E-state index in [-0.39, 0.29) is 0 Å². The third kappa shape index (κ3) is 3.21. The fraction of sp³-hybridized carbons (Fsp3) is 0.571. The van der Waals surface area contributed by atoms with Crippen molar-refractivity contribution in [2.24, 2.45) is 0 Å². The third-order valence-electron chi connectivity index (χ3n) is 3.61. The highest BCUT2D eigenvalue weighted by molar-refractivity contribution is 6.30. The Hall–Kier alpha value is -0.570. The quantitative estimate of drug-likeness (QED) is 0.886. The summed E-state index contributed by atoms with van der Waals surface area (Å²) in [5.74, 6) is 0. The van der Waals surface area contributed by atoms with Crippen LogP contribution in [-0.4, -0.2) is 30.6 Å². The standard InChI is InChI=1S/C14H21ClN2/c1-3-16-14-8-9-17(10-14)11(2)12-4-6-13(15)7-5-12/h4-7,11,14,16H,3,8-10H2,1-2H3. The van der Waals surface area contributed by atoms with Crippen molar-refractivity contribution in [3.05, 3.63) is 34.9 Å². The molecule has 3 heteroatoms. The second kappa shape index (κ2) is 5.85. The molecule has 1 aromatic rings. The van der Waals surface area contributed by atoms with Crippen LogP contribution in [0, 0.1) is 0 Å². The summed E-state index contributed by atoms with van der Waals surface area (Å²) in [5, 5.41) is 4.34. The monoisotopic (exact) mass is 252 g/mol. The van der Waals surface area contributed by atoms with Gasteiger partial charge in [-0.15, -0.1) is 0 Å². The summed E-state index contributed by atoms with van der Waals surface area (Å²) in [6.07, 6.45) is 1.26. The molecule has 1 N–H and O–H groups in total. The molecule has 17 heavy (non-hydrogen) atoms. The summed E-state index contributed by atoms with van der Waals surface area (Å²) in [6, 6.07) is 9.36. The van der Waals surface area contributed by atoms with Crippen molar-refractivity contribution >= 4 is 11.6 Å². The summed E-state index contributed by atoms with van der Waals surface area (Å²) in [4.78, 5) is 2.54. The first-order chi connectivity index (χ1) is 8.20. The van der Waals surface area contributed by atoms with E-state index < -0.39 is 0 Å². The molecule has 0 spiro atoms. The molecule has 2 rings (SSSR count). The Morgan fingerprint density at radius 3 is 2.76 bits per heavy atom. The molecule has 94 valence electrons. The van der Waals surface area contributed by atoms with Crippen molar-refractivity contribution in [3.63, 3.8) is 0 Å². The summed E-state index contributed by atoms with van der Waals surface area (Å²) in [7, 11) is 0. The van der Waals surface area contributed by atoms with Crippen LogP contribution in [0.2, 0.25) is 5.02 Å². The minimum atomic E-state index is 0.482. The SMILES string of the molecule is CCNC1CCN(C(C)c2ccc(Cl)cc2)C1. The molecule has 1 heterocycles. The maximum Gasteiger partial charge on any atom is 0.0406 e. The van der Waals surface area contributed by atoms with E-state index in [1.807, 2.05) is 12.1 Å². The molecule has 1 aliphatic heterocycles. The first kappa shape index (κ1) is 12.9. The van der Waals surface area contributed by atoms with Gasteiger partial charge in [0.2, 0.25) is 0 Å². The molecule has 1 saturated heterocycles. The van der Waals surface area contributed by atoms with Crippen LogP contribution >= 0.6 is 11.6 Å². The molecule has 0 aliphatic carbocycles. The lowest BCUT2D eigenvalue weighted by atomic mass is 10.1. The van der Waals surface area contributed by atoms with E-state index >= 15 is 0 Å². The highest BCUT2D eigenvalue weighted by Gasteiger charge is 2.25. The normalized spacial score (nSPS) is 22.9. The lowest BCUT2D eigenvalue weighted by Gasteiger charge is -2.24. The Morgan fingerprint density at radius 2 is 2.12 bits per heavy atom. The predicted molar refractivity (Wildman–Crippen MR) is 73.5 cm³/mol. The van der Waals surface area contributed by atoms with Gasteiger partial charge in [0.15, 0.2) is 0 Å². The molecular weight excluding hydrogens is 232 g/mol. The van der Waals surface area contributed by atoms with Crippen LogP contribution in [0.1, 0.15) is 31.9 Å². The molecule has 1 fully saturated rings. The number of rotatable bonds is 4. The van der Waals surface area contributed by atoms with Gasteiger partial charge in [-0.2, -0.15) is 0 Å². The summed E-state index contributed by atoms with van der Waals surface area (Å²) >= 11 is 5.92. The van der Waals surface area contributed by atoms with Crippen LogP contribution in [0.15, 0.2) is 24.3 Å². The van der Waals surface area contributed by atoms with Crippen LogP contribution in [0.3, 0.4) is 0 Å². The van der Waals surface area contributed by atoms with Gasteiger partial charge in [0, 0.05) is 30.2 Å². The Labute approximate surface area is 109 Å². The van der Waals surface area contributed by atoms with Gasteiger partial charge in [-0.1, -0.05) is 30.7 Å². The van der Waals surface area contributed by atoms with Crippen LogP contribution in [0.25, 0.3) is 0 Å². The zero-order valence-electron chi connectivity index (χ0n) is 10.6. The molecule has 2 unspecified atom stereocenters. The van der Waals surface area contributed by atoms with E-state index in [0.29, 0.717) is 12.1 Å². The number of likely N-dealkylation sites (tertiary alicyclic amines) is 1. The van der Waals surface area contributed by atoms with Gasteiger partial charge < -0.3 is 5.32 Å². The van der Waals surface area contributed by atoms with E-state index in [1.165, 1.54) is 18.5 Å². The van der Waals surface area contributed by atoms with Gasteiger partial charge in [0.25, 0.3) is 0 Å². The number of hydrogen-bond donors (Lipinski definition) is 1. The maximum atomic E-state index is 5.92. The van der Waals surface area contributed by atoms with E-state index in [0.717, 1.165) is 18.1 Å². The van der Waals surface area contributed by atoms with E-state index in [9.17, 15) is 0 Å². The van der Waals surface area contributed by atoms with Gasteiger partial charge in [0.05, 0.1) is 0 Å². The third-order valence-corrected chi connectivity index (χ3v) is 3.86. The van der Waals surface area contributed by atoms with E-state index in [4.69, 9.17) is 11.6 Å². The lowest BCUT2D eigenvalue weighted by Crippen LogP contribution is -2.33. The second-order valence-electron chi connectivity index (χ2n) is 4.77. The molecule has 2 atom stereocenters. The summed E-state index contributed by atoms with van der Waals surface area (Å²) in [5.41, 5.74) is 1.35. The Morgan fingerprint density at radius 1 is 1.41 bits per heavy atom. The second-order valence-corrected chi connectivity index (χ2v) is 5.20. The van der Waals surface area contributed by atoms with Crippen molar-refractivity contribution < 1.29 is 0 Å². The van der Waals surface area contributed by atoms with Crippen LogP contribution in [-0.2, 0) is 0 Å². The molecule has 2 nitrogen and oxygen atoms in total. The fourth-order valence-corrected chi connectivity index (χ4v) is 2.67. The van der Waals surface area contributed by atoms with Crippen LogP contribution in [0.5, 0.6) is 0 Å². The number of benzene rings is 1. The van der Waals surface area contributed by atoms with E-state index in [1.54, 1.807) is 0 Å². The smallest absolute Gasteiger partial charge is 0.0406 e. The maximum absolute atomic E-state index is 5.92. The van der Waals surface area contributed by atoms with Crippen molar-refractivity contribution in [1.82, 2.24) is 10.2 Å². The molecule has 0 radical (unpaired) electrons. The Balaban J connectivity index is 1.96. The Bertz CT molecular complexity index is 350. The van der Waals surface area contributed by atoms with Crippen LogP contribution in [0.4, 0.5) is 0 Å². The number of likely N-dealkylation sites (N-methyl/N-ethyl adjacent to an activating group) is 1. The number of hydrogen-bond acceptors (Lipinski definition) is 2. The first-order valence-corrected chi connectivity index (χ1v) is 6.81. The highest BCUT2D eigenvalue weighted by atomic mass is 35.5. The first-order valence-electron chi connectivity index (χ1n) is 6.43. The average molecular weight is 253 g/mol. The molecular formula is C14H21ClN2. The summed E-state index contributed by atoms with van der Waals surface area (Å²) < 4.78 is 0. The number of nitrogens with one attached hydrogen (secondary N) is 1. The van der Waals surface area contributed by atoms with Gasteiger partial charge >= 0.3 is 0 Å². The van der Waals surface area contributed by atoms with Crippen LogP contribution < -0.4 is 5.32 Å².